The molecule has 3 heteroatoms. The molecule has 0 spiro atoms. The molecule has 16 heavy (non-hydrogen) atoms. The number of rotatable bonds is 3. The summed E-state index contributed by atoms with van der Waals surface area (Å²) in [6.45, 7) is 7.33. The molecule has 2 nitrogen and oxygen atoms in total. The molecule has 2 rings (SSSR count). The van der Waals surface area contributed by atoms with E-state index in [1.807, 2.05) is 0 Å². The fraction of sp³-hybridized carbons (Fsp3) is 0.385. The molecule has 1 heterocycles. The van der Waals surface area contributed by atoms with Crippen LogP contribution in [0.5, 0.6) is 0 Å². The monoisotopic (exact) mass is 280 g/mol. The van der Waals surface area contributed by atoms with Gasteiger partial charge < -0.3 is 10.3 Å². The van der Waals surface area contributed by atoms with Crippen molar-refractivity contribution in [2.75, 3.05) is 0 Å². The van der Waals surface area contributed by atoms with Crippen LogP contribution >= 0.6 is 15.9 Å². The lowest BCUT2D eigenvalue weighted by atomic mass is 10.2. The van der Waals surface area contributed by atoms with Gasteiger partial charge in [-0.25, -0.2) is 0 Å². The molecule has 1 aromatic heterocycles. The van der Waals surface area contributed by atoms with E-state index in [0.29, 0.717) is 6.04 Å². The Bertz CT molecular complexity index is 500. The molecule has 0 saturated heterocycles. The van der Waals surface area contributed by atoms with Crippen molar-refractivity contribution < 1.29 is 0 Å². The van der Waals surface area contributed by atoms with Gasteiger partial charge in [0.05, 0.1) is 0 Å². The molecule has 0 saturated carbocycles. The van der Waals surface area contributed by atoms with Crippen LogP contribution in [-0.4, -0.2) is 11.0 Å². The van der Waals surface area contributed by atoms with Crippen molar-refractivity contribution in [1.82, 2.24) is 10.3 Å². The van der Waals surface area contributed by atoms with Crippen molar-refractivity contribution in [2.45, 2.75) is 33.4 Å². The van der Waals surface area contributed by atoms with E-state index in [1.165, 1.54) is 22.2 Å². The third kappa shape index (κ3) is 2.47. The number of aryl methyl sites for hydroxylation is 1. The van der Waals surface area contributed by atoms with Gasteiger partial charge in [0.2, 0.25) is 0 Å². The molecule has 0 atom stereocenters. The molecule has 0 bridgehead atoms. The Morgan fingerprint density at radius 3 is 2.75 bits per heavy atom. The van der Waals surface area contributed by atoms with E-state index in [2.05, 4.69) is 65.2 Å². The van der Waals surface area contributed by atoms with Gasteiger partial charge >= 0.3 is 0 Å². The van der Waals surface area contributed by atoms with Crippen molar-refractivity contribution in [3.05, 3.63) is 33.9 Å². The fourth-order valence-electron chi connectivity index (χ4n) is 1.85. The molecule has 0 amide bonds. The molecule has 0 aliphatic heterocycles. The predicted molar refractivity (Wildman–Crippen MR) is 72.7 cm³/mol. The van der Waals surface area contributed by atoms with Crippen LogP contribution in [-0.2, 0) is 6.54 Å². The Hall–Kier alpha value is -0.800. The number of aromatic amines is 1. The van der Waals surface area contributed by atoms with Crippen LogP contribution in [0.3, 0.4) is 0 Å². The molecule has 0 unspecified atom stereocenters. The number of fused-ring (bicyclic) bond motifs is 1. The number of halogens is 1. The zero-order chi connectivity index (χ0) is 11.7. The molecule has 2 N–H and O–H groups in total. The highest BCUT2D eigenvalue weighted by molar-refractivity contribution is 9.10. The Morgan fingerprint density at radius 2 is 2.06 bits per heavy atom. The summed E-state index contributed by atoms with van der Waals surface area (Å²) < 4.78 is 1.14. The highest BCUT2D eigenvalue weighted by atomic mass is 79.9. The maximum Gasteiger partial charge on any atom is 0.0486 e. The van der Waals surface area contributed by atoms with Gasteiger partial charge in [-0.1, -0.05) is 29.8 Å². The highest BCUT2D eigenvalue weighted by Crippen LogP contribution is 2.24. The highest BCUT2D eigenvalue weighted by Gasteiger charge is 2.04. The van der Waals surface area contributed by atoms with E-state index in [9.17, 15) is 0 Å². The summed E-state index contributed by atoms with van der Waals surface area (Å²) in [7, 11) is 0. The van der Waals surface area contributed by atoms with E-state index in [-0.39, 0.29) is 0 Å². The van der Waals surface area contributed by atoms with Gasteiger partial charge in [0.15, 0.2) is 0 Å². The Labute approximate surface area is 105 Å². The third-order valence-electron chi connectivity index (χ3n) is 2.65. The first kappa shape index (κ1) is 11.7. The number of H-pyrrole nitrogens is 1. The predicted octanol–water partition coefficient (Wildman–Crippen LogP) is 3.74. The quantitative estimate of drug-likeness (QED) is 0.881. The van der Waals surface area contributed by atoms with Gasteiger partial charge in [-0.3, -0.25) is 0 Å². The smallest absolute Gasteiger partial charge is 0.0486 e. The minimum absolute atomic E-state index is 0.513. The summed E-state index contributed by atoms with van der Waals surface area (Å²) in [5.41, 5.74) is 3.76. The van der Waals surface area contributed by atoms with Gasteiger partial charge in [-0.2, -0.15) is 0 Å². The number of hydrogen-bond acceptors (Lipinski definition) is 1. The van der Waals surface area contributed by atoms with Crippen molar-refractivity contribution in [1.29, 1.82) is 0 Å². The number of benzene rings is 1. The van der Waals surface area contributed by atoms with Crippen molar-refractivity contribution in [2.24, 2.45) is 0 Å². The summed E-state index contributed by atoms with van der Waals surface area (Å²) in [6.07, 6.45) is 0. The Kier molecular flexibility index (Phi) is 3.36. The van der Waals surface area contributed by atoms with Gasteiger partial charge in [0.1, 0.15) is 0 Å². The normalized spacial score (nSPS) is 11.6. The van der Waals surface area contributed by atoms with Gasteiger partial charge in [0.25, 0.3) is 0 Å². The first-order valence-corrected chi connectivity index (χ1v) is 6.36. The first-order chi connectivity index (χ1) is 7.56. The average Bonchev–Trinajstić information content (AvgIpc) is 2.57. The zero-order valence-corrected chi connectivity index (χ0v) is 11.5. The van der Waals surface area contributed by atoms with E-state index in [4.69, 9.17) is 0 Å². The first-order valence-electron chi connectivity index (χ1n) is 5.57. The second-order valence-corrected chi connectivity index (χ2v) is 5.43. The Balaban J connectivity index is 2.33. The summed E-state index contributed by atoms with van der Waals surface area (Å²) >= 11 is 3.53. The summed E-state index contributed by atoms with van der Waals surface area (Å²) in [4.78, 5) is 3.46. The molecule has 1 aromatic carbocycles. The van der Waals surface area contributed by atoms with Crippen LogP contribution in [0.15, 0.2) is 22.7 Å². The van der Waals surface area contributed by atoms with Gasteiger partial charge in [-0.15, -0.1) is 0 Å². The molecule has 0 aliphatic rings. The lowest BCUT2D eigenvalue weighted by molar-refractivity contribution is 0.583. The van der Waals surface area contributed by atoms with Crippen molar-refractivity contribution in [3.8, 4) is 0 Å². The van der Waals surface area contributed by atoms with E-state index < -0.39 is 0 Å². The standard InChI is InChI=1S/C13H17BrN2/c1-8(2)15-7-12-6-10-5-11(14)4-9(3)13(10)16-12/h4-6,8,15-16H,7H2,1-3H3. The topological polar surface area (TPSA) is 27.8 Å². The van der Waals surface area contributed by atoms with Crippen LogP contribution in [0, 0.1) is 6.92 Å². The molecule has 0 aliphatic carbocycles. The number of nitrogens with one attached hydrogen (secondary N) is 2. The second kappa shape index (κ2) is 4.60. The van der Waals surface area contributed by atoms with E-state index in [0.717, 1.165) is 11.0 Å². The molecular weight excluding hydrogens is 264 g/mol. The summed E-state index contributed by atoms with van der Waals surface area (Å²) in [6, 6.07) is 7.01. The molecule has 86 valence electrons. The largest absolute Gasteiger partial charge is 0.357 e. The summed E-state index contributed by atoms with van der Waals surface area (Å²) in [5, 5.41) is 4.68. The maximum atomic E-state index is 3.53. The molecule has 0 fully saturated rings. The van der Waals surface area contributed by atoms with Crippen molar-refractivity contribution in [3.63, 3.8) is 0 Å². The maximum absolute atomic E-state index is 3.53. The second-order valence-electron chi connectivity index (χ2n) is 4.52. The minimum atomic E-state index is 0.513. The summed E-state index contributed by atoms with van der Waals surface area (Å²) in [5.74, 6) is 0. The van der Waals surface area contributed by atoms with E-state index >= 15 is 0 Å². The third-order valence-corrected chi connectivity index (χ3v) is 3.10. The van der Waals surface area contributed by atoms with Crippen LogP contribution in [0.1, 0.15) is 25.1 Å². The van der Waals surface area contributed by atoms with Gasteiger partial charge in [0, 0.05) is 33.7 Å². The van der Waals surface area contributed by atoms with Crippen LogP contribution in [0.25, 0.3) is 10.9 Å². The number of aromatic nitrogens is 1. The minimum Gasteiger partial charge on any atom is -0.357 e. The van der Waals surface area contributed by atoms with Crippen LogP contribution in [0.4, 0.5) is 0 Å². The lowest BCUT2D eigenvalue weighted by Gasteiger charge is -2.05. The molecule has 2 aromatic rings. The van der Waals surface area contributed by atoms with Gasteiger partial charge in [-0.05, 0) is 30.7 Å². The van der Waals surface area contributed by atoms with Crippen LogP contribution in [0.2, 0.25) is 0 Å². The Morgan fingerprint density at radius 1 is 1.31 bits per heavy atom. The van der Waals surface area contributed by atoms with E-state index in [1.54, 1.807) is 0 Å². The SMILES string of the molecule is Cc1cc(Br)cc2cc(CNC(C)C)[nH]c12. The fourth-order valence-corrected chi connectivity index (χ4v) is 2.44. The molecular formula is C13H17BrN2. The molecule has 0 radical (unpaired) electrons. The lowest BCUT2D eigenvalue weighted by Crippen LogP contribution is -2.21. The zero-order valence-electron chi connectivity index (χ0n) is 9.89. The van der Waals surface area contributed by atoms with Crippen LogP contribution < -0.4 is 5.32 Å². The average molecular weight is 281 g/mol. The number of hydrogen-bond donors (Lipinski definition) is 2. The van der Waals surface area contributed by atoms with Crippen molar-refractivity contribution >= 4 is 26.8 Å².